The van der Waals surface area contributed by atoms with E-state index >= 15 is 0 Å². The first-order valence-electron chi connectivity index (χ1n) is 11.2. The molecule has 7 nitrogen and oxygen atoms in total. The van der Waals surface area contributed by atoms with E-state index in [1.165, 1.54) is 0 Å². The molecule has 4 heterocycles. The molecule has 170 valence electrons. The summed E-state index contributed by atoms with van der Waals surface area (Å²) >= 11 is 0. The van der Waals surface area contributed by atoms with E-state index in [9.17, 15) is 14.7 Å². The van der Waals surface area contributed by atoms with Gasteiger partial charge < -0.3 is 14.6 Å². The highest BCUT2D eigenvalue weighted by atomic mass is 16.6. The Bertz CT molecular complexity index is 1560. The number of carbonyl (C=O) groups is 1. The van der Waals surface area contributed by atoms with Crippen molar-refractivity contribution in [3.63, 3.8) is 0 Å². The molecule has 4 aromatic rings. The molecule has 2 aliphatic rings. The smallest absolute Gasteiger partial charge is 0.343 e. The van der Waals surface area contributed by atoms with Gasteiger partial charge in [0.2, 0.25) is 0 Å². The summed E-state index contributed by atoms with van der Waals surface area (Å²) in [5.41, 5.74) is 2.07. The summed E-state index contributed by atoms with van der Waals surface area (Å²) < 4.78 is 12.6. The number of benzene rings is 2. The van der Waals surface area contributed by atoms with Gasteiger partial charge in [-0.3, -0.25) is 9.36 Å². The Morgan fingerprint density at radius 1 is 1.12 bits per heavy atom. The van der Waals surface area contributed by atoms with Gasteiger partial charge in [0.15, 0.2) is 5.60 Å². The van der Waals surface area contributed by atoms with Gasteiger partial charge in [-0.15, -0.1) is 0 Å². The first kappa shape index (κ1) is 20.6. The summed E-state index contributed by atoms with van der Waals surface area (Å²) in [5.74, 6) is -0.0848. The Labute approximate surface area is 195 Å². The van der Waals surface area contributed by atoms with E-state index in [2.05, 4.69) is 0 Å². The Hall–Kier alpha value is -3.97. The maximum absolute atomic E-state index is 14.0. The summed E-state index contributed by atoms with van der Waals surface area (Å²) in [6, 6.07) is 18.7. The zero-order valence-corrected chi connectivity index (χ0v) is 18.7. The van der Waals surface area contributed by atoms with Crippen molar-refractivity contribution >= 4 is 16.9 Å². The minimum absolute atomic E-state index is 0.0929. The van der Waals surface area contributed by atoms with Crippen molar-refractivity contribution in [1.82, 2.24) is 9.55 Å². The molecule has 0 fully saturated rings. The van der Waals surface area contributed by atoms with Crippen molar-refractivity contribution in [3.05, 3.63) is 93.3 Å². The maximum atomic E-state index is 14.0. The molecular formula is C27H22N2O5. The molecule has 1 unspecified atom stereocenters. The predicted octanol–water partition coefficient (Wildman–Crippen LogP) is 3.68. The first-order valence-corrected chi connectivity index (χ1v) is 11.2. The van der Waals surface area contributed by atoms with E-state index in [1.807, 2.05) is 54.6 Å². The number of nitrogens with zero attached hydrogens (tertiary/aromatic N) is 2. The number of pyridine rings is 2. The molecule has 0 saturated carbocycles. The number of methoxy groups -OCH3 is 1. The molecule has 0 amide bonds. The van der Waals surface area contributed by atoms with Gasteiger partial charge in [0, 0.05) is 22.1 Å². The van der Waals surface area contributed by atoms with Crippen LogP contribution >= 0.6 is 0 Å². The number of hydrogen-bond donors (Lipinski definition) is 1. The third-order valence-corrected chi connectivity index (χ3v) is 6.97. The second-order valence-corrected chi connectivity index (χ2v) is 8.65. The van der Waals surface area contributed by atoms with Crippen LogP contribution in [0.4, 0.5) is 0 Å². The van der Waals surface area contributed by atoms with E-state index in [0.717, 1.165) is 22.0 Å². The number of cyclic esters (lactones) is 1. The minimum Gasteiger partial charge on any atom is -0.496 e. The largest absolute Gasteiger partial charge is 0.496 e. The SMILES string of the molecule is CC[C@@]1(O)C(=O)OCc2c1cc1n(c2=O)C(c2ccccc2OC)c2cc3ccccc3nc2-1. The molecule has 2 aromatic carbocycles. The molecule has 0 bridgehead atoms. The van der Waals surface area contributed by atoms with Crippen LogP contribution in [0.5, 0.6) is 5.75 Å². The summed E-state index contributed by atoms with van der Waals surface area (Å²) in [6.45, 7) is 1.51. The molecule has 7 heteroatoms. The Kier molecular flexibility index (Phi) is 4.41. The molecule has 0 spiro atoms. The summed E-state index contributed by atoms with van der Waals surface area (Å²) in [4.78, 5) is 31.4. The third-order valence-electron chi connectivity index (χ3n) is 6.97. The lowest BCUT2D eigenvalue weighted by atomic mass is 9.86. The third kappa shape index (κ3) is 2.64. The zero-order valence-electron chi connectivity index (χ0n) is 18.7. The molecular weight excluding hydrogens is 432 g/mol. The lowest BCUT2D eigenvalue weighted by Gasteiger charge is -2.32. The molecule has 2 atom stereocenters. The predicted molar refractivity (Wildman–Crippen MR) is 126 cm³/mol. The molecule has 34 heavy (non-hydrogen) atoms. The van der Waals surface area contributed by atoms with E-state index < -0.39 is 17.6 Å². The Morgan fingerprint density at radius 2 is 1.88 bits per heavy atom. The fraction of sp³-hybridized carbons (Fsp3) is 0.222. The number of aliphatic hydroxyl groups is 1. The lowest BCUT2D eigenvalue weighted by Crippen LogP contribution is -2.44. The van der Waals surface area contributed by atoms with Crippen LogP contribution in [0.2, 0.25) is 0 Å². The fourth-order valence-electron chi connectivity index (χ4n) is 5.20. The topological polar surface area (TPSA) is 90.7 Å². The van der Waals surface area contributed by atoms with Gasteiger partial charge in [0.1, 0.15) is 12.4 Å². The average Bonchev–Trinajstić information content (AvgIpc) is 3.18. The van der Waals surface area contributed by atoms with Crippen LogP contribution in [-0.2, 0) is 21.7 Å². The molecule has 1 N–H and O–H groups in total. The van der Waals surface area contributed by atoms with Gasteiger partial charge in [0.25, 0.3) is 5.56 Å². The number of aromatic nitrogens is 2. The number of esters is 1. The number of para-hydroxylation sites is 2. The van der Waals surface area contributed by atoms with Crippen molar-refractivity contribution in [3.8, 4) is 17.1 Å². The number of hydrogen-bond acceptors (Lipinski definition) is 6. The Morgan fingerprint density at radius 3 is 2.68 bits per heavy atom. The van der Waals surface area contributed by atoms with E-state index in [-0.39, 0.29) is 24.2 Å². The highest BCUT2D eigenvalue weighted by molar-refractivity contribution is 5.87. The lowest BCUT2D eigenvalue weighted by molar-refractivity contribution is -0.172. The minimum atomic E-state index is -1.87. The highest BCUT2D eigenvalue weighted by Gasteiger charge is 2.46. The standard InChI is InChI=1S/C27H22N2O5/c1-3-27(32)19-13-21-23-17(12-15-8-4-6-10-20(15)28-23)24(16-9-5-7-11-22(16)33-2)29(21)25(30)18(19)14-34-26(27)31/h4-13,24,32H,3,14H2,1-2H3/t24?,27-/m0/s1. The fourth-order valence-corrected chi connectivity index (χ4v) is 5.20. The van der Waals surface area contributed by atoms with E-state index in [4.69, 9.17) is 14.5 Å². The number of fused-ring (bicyclic) bond motifs is 5. The summed E-state index contributed by atoms with van der Waals surface area (Å²) in [6.07, 6.45) is 0.0929. The summed E-state index contributed by atoms with van der Waals surface area (Å²) in [7, 11) is 1.60. The highest BCUT2D eigenvalue weighted by Crippen LogP contribution is 2.46. The van der Waals surface area contributed by atoms with E-state index in [1.54, 1.807) is 24.7 Å². The number of ether oxygens (including phenoxy) is 2. The maximum Gasteiger partial charge on any atom is 0.343 e. The quantitative estimate of drug-likeness (QED) is 0.418. The van der Waals surface area contributed by atoms with Crippen LogP contribution in [0.25, 0.3) is 22.3 Å². The van der Waals surface area contributed by atoms with Crippen molar-refractivity contribution in [2.75, 3.05) is 7.11 Å². The van der Waals surface area contributed by atoms with Gasteiger partial charge in [-0.25, -0.2) is 9.78 Å². The molecule has 0 saturated heterocycles. The van der Waals surface area contributed by atoms with Gasteiger partial charge in [-0.2, -0.15) is 0 Å². The van der Waals surface area contributed by atoms with Crippen LogP contribution in [0.3, 0.4) is 0 Å². The van der Waals surface area contributed by atoms with Gasteiger partial charge >= 0.3 is 5.97 Å². The molecule has 0 radical (unpaired) electrons. The van der Waals surface area contributed by atoms with Crippen molar-refractivity contribution in [2.45, 2.75) is 31.6 Å². The average molecular weight is 454 g/mol. The zero-order chi connectivity index (χ0) is 23.6. The van der Waals surface area contributed by atoms with Crippen molar-refractivity contribution in [2.24, 2.45) is 0 Å². The first-order chi connectivity index (χ1) is 16.5. The number of carbonyl (C=O) groups excluding carboxylic acids is 1. The van der Waals surface area contributed by atoms with Crippen molar-refractivity contribution in [1.29, 1.82) is 0 Å². The molecule has 0 aliphatic carbocycles. The van der Waals surface area contributed by atoms with Gasteiger partial charge in [-0.05, 0) is 30.7 Å². The second kappa shape index (κ2) is 7.27. The van der Waals surface area contributed by atoms with Gasteiger partial charge in [0.05, 0.1) is 35.6 Å². The molecule has 2 aliphatic heterocycles. The Balaban J connectivity index is 1.73. The summed E-state index contributed by atoms with van der Waals surface area (Å²) in [5, 5.41) is 12.1. The molecule has 2 aromatic heterocycles. The van der Waals surface area contributed by atoms with Crippen LogP contribution in [0, 0.1) is 0 Å². The normalized spacial score (nSPS) is 20.4. The van der Waals surface area contributed by atoms with Crippen LogP contribution in [0.1, 0.15) is 41.6 Å². The van der Waals surface area contributed by atoms with Crippen LogP contribution in [0.15, 0.2) is 65.5 Å². The monoisotopic (exact) mass is 454 g/mol. The van der Waals surface area contributed by atoms with Gasteiger partial charge in [-0.1, -0.05) is 43.3 Å². The molecule has 6 rings (SSSR count). The van der Waals surface area contributed by atoms with Crippen LogP contribution in [-0.4, -0.2) is 27.7 Å². The van der Waals surface area contributed by atoms with Crippen LogP contribution < -0.4 is 10.3 Å². The van der Waals surface area contributed by atoms with E-state index in [0.29, 0.717) is 22.7 Å². The number of rotatable bonds is 3. The van der Waals surface area contributed by atoms with Crippen molar-refractivity contribution < 1.29 is 19.4 Å². The second-order valence-electron chi connectivity index (χ2n) is 8.65.